The highest BCUT2D eigenvalue weighted by atomic mass is 16.5. The van der Waals surface area contributed by atoms with Gasteiger partial charge < -0.3 is 10.1 Å². The summed E-state index contributed by atoms with van der Waals surface area (Å²) in [5, 5.41) is 3.33. The van der Waals surface area contributed by atoms with E-state index in [4.69, 9.17) is 4.74 Å². The third-order valence-corrected chi connectivity index (χ3v) is 3.60. The van der Waals surface area contributed by atoms with Crippen LogP contribution in [-0.2, 0) is 9.53 Å². The molecule has 3 heteroatoms. The van der Waals surface area contributed by atoms with Crippen LogP contribution in [-0.4, -0.2) is 25.7 Å². The highest BCUT2D eigenvalue weighted by Gasteiger charge is 2.31. The Hall–Kier alpha value is -0.570. The molecule has 1 saturated carbocycles. The smallest absolute Gasteiger partial charge is 0.323 e. The summed E-state index contributed by atoms with van der Waals surface area (Å²) < 4.78 is 4.89. The van der Waals surface area contributed by atoms with E-state index in [-0.39, 0.29) is 12.0 Å². The minimum atomic E-state index is -0.0898. The number of hydrogen-bond donors (Lipinski definition) is 1. The predicted octanol–water partition coefficient (Wildman–Crippen LogP) is 2.35. The molecule has 0 spiro atoms. The second-order valence-corrected chi connectivity index (χ2v) is 4.97. The Morgan fingerprint density at radius 3 is 2.50 bits per heavy atom. The van der Waals surface area contributed by atoms with E-state index >= 15 is 0 Å². The first-order valence-electron chi connectivity index (χ1n) is 6.50. The highest BCUT2D eigenvalue weighted by molar-refractivity contribution is 5.76. The molecular formula is C13H25NO2. The van der Waals surface area contributed by atoms with Crippen molar-refractivity contribution in [1.29, 1.82) is 0 Å². The van der Waals surface area contributed by atoms with Crippen LogP contribution in [0.25, 0.3) is 0 Å². The summed E-state index contributed by atoms with van der Waals surface area (Å²) >= 11 is 0. The summed E-state index contributed by atoms with van der Waals surface area (Å²) in [6, 6.07) is -0.0857. The molecule has 1 unspecified atom stereocenters. The number of carbonyl (C=O) groups excluding carboxylic acids is 1. The second-order valence-electron chi connectivity index (χ2n) is 4.97. The third-order valence-electron chi connectivity index (χ3n) is 3.60. The zero-order valence-corrected chi connectivity index (χ0v) is 10.8. The topological polar surface area (TPSA) is 38.3 Å². The monoisotopic (exact) mass is 227 g/mol. The molecule has 0 aliphatic heterocycles. The van der Waals surface area contributed by atoms with Gasteiger partial charge in [0.2, 0.25) is 0 Å². The van der Waals surface area contributed by atoms with E-state index in [1.54, 1.807) is 0 Å². The summed E-state index contributed by atoms with van der Waals surface area (Å²) in [4.78, 5) is 11.7. The van der Waals surface area contributed by atoms with Gasteiger partial charge in [0.1, 0.15) is 6.04 Å². The van der Waals surface area contributed by atoms with Gasteiger partial charge >= 0.3 is 5.97 Å². The molecule has 1 fully saturated rings. The molecule has 0 saturated heterocycles. The fourth-order valence-corrected chi connectivity index (χ4v) is 2.49. The Balaban J connectivity index is 2.50. The van der Waals surface area contributed by atoms with Crippen LogP contribution in [0.15, 0.2) is 0 Å². The molecular weight excluding hydrogens is 202 g/mol. The fourth-order valence-electron chi connectivity index (χ4n) is 2.49. The molecule has 0 aromatic rings. The molecule has 1 aliphatic rings. The maximum absolute atomic E-state index is 11.7. The Kier molecular flexibility index (Phi) is 5.81. The average molecular weight is 227 g/mol. The predicted molar refractivity (Wildman–Crippen MR) is 65.2 cm³/mol. The van der Waals surface area contributed by atoms with Crippen molar-refractivity contribution in [2.75, 3.05) is 13.7 Å². The lowest BCUT2D eigenvalue weighted by Crippen LogP contribution is -2.45. The first-order chi connectivity index (χ1) is 7.69. The molecule has 0 aromatic heterocycles. The lowest BCUT2D eigenvalue weighted by atomic mass is 9.79. The molecule has 0 aromatic carbocycles. The van der Waals surface area contributed by atoms with Crippen LogP contribution in [0.5, 0.6) is 0 Å². The summed E-state index contributed by atoms with van der Waals surface area (Å²) in [6.45, 7) is 5.30. The normalized spacial score (nSPS) is 27.4. The number of rotatable bonds is 5. The van der Waals surface area contributed by atoms with Gasteiger partial charge in [0.15, 0.2) is 0 Å². The number of nitrogens with one attached hydrogen (secondary N) is 1. The standard InChI is InChI=1S/C13H25NO2/c1-4-9-14-12(13(15)16-3)11-7-5-10(2)6-8-11/h10-12,14H,4-9H2,1-3H3. The van der Waals surface area contributed by atoms with Gasteiger partial charge in [-0.1, -0.05) is 26.7 Å². The van der Waals surface area contributed by atoms with Crippen molar-refractivity contribution in [3.8, 4) is 0 Å². The van der Waals surface area contributed by atoms with Crippen LogP contribution in [0.1, 0.15) is 46.0 Å². The Morgan fingerprint density at radius 1 is 1.38 bits per heavy atom. The SMILES string of the molecule is CCCNC(C(=O)OC)C1CCC(C)CC1. The van der Waals surface area contributed by atoms with Gasteiger partial charge in [-0.05, 0) is 37.6 Å². The maximum Gasteiger partial charge on any atom is 0.323 e. The van der Waals surface area contributed by atoms with Crippen molar-refractivity contribution in [2.45, 2.75) is 52.0 Å². The zero-order chi connectivity index (χ0) is 12.0. The van der Waals surface area contributed by atoms with Gasteiger partial charge in [0.05, 0.1) is 7.11 Å². The Bertz CT molecular complexity index is 210. The Labute approximate surface area is 98.9 Å². The summed E-state index contributed by atoms with van der Waals surface area (Å²) in [5.74, 6) is 1.20. The lowest BCUT2D eigenvalue weighted by molar-refractivity contribution is -0.145. The first-order valence-corrected chi connectivity index (χ1v) is 6.50. The van der Waals surface area contributed by atoms with Gasteiger partial charge in [-0.25, -0.2) is 0 Å². The number of esters is 1. The molecule has 1 aliphatic carbocycles. The highest BCUT2D eigenvalue weighted by Crippen LogP contribution is 2.30. The van der Waals surface area contributed by atoms with Crippen LogP contribution in [0.2, 0.25) is 0 Å². The zero-order valence-electron chi connectivity index (χ0n) is 10.8. The van der Waals surface area contributed by atoms with Crippen molar-refractivity contribution < 1.29 is 9.53 Å². The minimum Gasteiger partial charge on any atom is -0.468 e. The van der Waals surface area contributed by atoms with E-state index in [9.17, 15) is 4.79 Å². The summed E-state index contributed by atoms with van der Waals surface area (Å²) in [6.07, 6.45) is 5.84. The Morgan fingerprint density at radius 2 is 2.00 bits per heavy atom. The molecule has 16 heavy (non-hydrogen) atoms. The van der Waals surface area contributed by atoms with Crippen molar-refractivity contribution in [3.05, 3.63) is 0 Å². The number of hydrogen-bond acceptors (Lipinski definition) is 3. The molecule has 0 heterocycles. The van der Waals surface area contributed by atoms with Crippen molar-refractivity contribution in [3.63, 3.8) is 0 Å². The van der Waals surface area contributed by atoms with Crippen molar-refractivity contribution >= 4 is 5.97 Å². The maximum atomic E-state index is 11.7. The van der Waals surface area contributed by atoms with Crippen LogP contribution < -0.4 is 5.32 Å². The third kappa shape index (κ3) is 3.78. The van der Waals surface area contributed by atoms with Crippen LogP contribution in [0, 0.1) is 11.8 Å². The molecule has 94 valence electrons. The number of carbonyl (C=O) groups is 1. The molecule has 0 amide bonds. The quantitative estimate of drug-likeness (QED) is 0.733. The van der Waals surface area contributed by atoms with Crippen LogP contribution in [0.4, 0.5) is 0 Å². The molecule has 3 nitrogen and oxygen atoms in total. The van der Waals surface area contributed by atoms with Crippen molar-refractivity contribution in [1.82, 2.24) is 5.32 Å². The molecule has 0 bridgehead atoms. The summed E-state index contributed by atoms with van der Waals surface area (Å²) in [5.41, 5.74) is 0. The van der Waals surface area contributed by atoms with E-state index in [0.29, 0.717) is 5.92 Å². The van der Waals surface area contributed by atoms with Crippen molar-refractivity contribution in [2.24, 2.45) is 11.8 Å². The lowest BCUT2D eigenvalue weighted by Gasteiger charge is -2.31. The van der Waals surface area contributed by atoms with Gasteiger partial charge in [0.25, 0.3) is 0 Å². The molecule has 0 radical (unpaired) electrons. The molecule has 1 atom stereocenters. The van der Waals surface area contributed by atoms with E-state index in [1.165, 1.54) is 20.0 Å². The van der Waals surface area contributed by atoms with Gasteiger partial charge in [-0.2, -0.15) is 0 Å². The fraction of sp³-hybridized carbons (Fsp3) is 0.923. The first kappa shape index (κ1) is 13.5. The van der Waals surface area contributed by atoms with E-state index in [1.807, 2.05) is 0 Å². The molecule has 1 N–H and O–H groups in total. The van der Waals surface area contributed by atoms with Crippen LogP contribution in [0.3, 0.4) is 0 Å². The van der Waals surface area contributed by atoms with E-state index in [0.717, 1.165) is 31.7 Å². The number of ether oxygens (including phenoxy) is 1. The van der Waals surface area contributed by atoms with Crippen LogP contribution >= 0.6 is 0 Å². The average Bonchev–Trinajstić information content (AvgIpc) is 2.31. The summed E-state index contributed by atoms with van der Waals surface area (Å²) in [7, 11) is 1.48. The van der Waals surface area contributed by atoms with Gasteiger partial charge in [0, 0.05) is 0 Å². The minimum absolute atomic E-state index is 0.0857. The second kappa shape index (κ2) is 6.89. The van der Waals surface area contributed by atoms with E-state index < -0.39 is 0 Å². The molecule has 1 rings (SSSR count). The van der Waals surface area contributed by atoms with Gasteiger partial charge in [-0.3, -0.25) is 4.79 Å². The van der Waals surface area contributed by atoms with Gasteiger partial charge in [-0.15, -0.1) is 0 Å². The van der Waals surface area contributed by atoms with E-state index in [2.05, 4.69) is 19.2 Å². The number of methoxy groups -OCH3 is 1. The largest absolute Gasteiger partial charge is 0.468 e.